The number of hydrogen-bond donors (Lipinski definition) is 2. The molecule has 0 saturated carbocycles. The lowest BCUT2D eigenvalue weighted by molar-refractivity contribution is -0.130. The molecule has 1 aromatic rings. The number of likely N-dealkylation sites (N-methyl/N-ethyl adjacent to an activating group) is 1. The first-order valence-corrected chi connectivity index (χ1v) is 5.43. The van der Waals surface area contributed by atoms with E-state index in [-0.39, 0.29) is 11.7 Å². The Bertz CT molecular complexity index is 353. The maximum Gasteiger partial charge on any atom is 0.227 e. The van der Waals surface area contributed by atoms with Crippen molar-refractivity contribution in [2.24, 2.45) is 5.73 Å². The highest BCUT2D eigenvalue weighted by Crippen LogP contribution is 2.12. The highest BCUT2D eigenvalue weighted by atomic mass is 16.3. The Morgan fingerprint density at radius 3 is 2.81 bits per heavy atom. The molecule has 0 fully saturated rings. The quantitative estimate of drug-likeness (QED) is 0.772. The zero-order valence-electron chi connectivity index (χ0n) is 9.52. The van der Waals surface area contributed by atoms with Gasteiger partial charge in [0.1, 0.15) is 5.75 Å². The third-order valence-corrected chi connectivity index (χ3v) is 2.40. The predicted molar refractivity (Wildman–Crippen MR) is 63.1 cm³/mol. The molecule has 0 aromatic heterocycles. The molecule has 4 heteroatoms. The van der Waals surface area contributed by atoms with Crippen molar-refractivity contribution in [1.29, 1.82) is 0 Å². The smallest absolute Gasteiger partial charge is 0.227 e. The first-order chi connectivity index (χ1) is 7.67. The lowest BCUT2D eigenvalue weighted by atomic mass is 10.1. The Hall–Kier alpha value is -1.55. The number of aromatic hydroxyl groups is 1. The molecule has 1 rings (SSSR count). The number of benzene rings is 1. The number of hydrogen-bond acceptors (Lipinski definition) is 3. The van der Waals surface area contributed by atoms with Gasteiger partial charge in [0.25, 0.3) is 0 Å². The fraction of sp³-hybridized carbons (Fsp3) is 0.417. The van der Waals surface area contributed by atoms with Crippen molar-refractivity contribution in [2.75, 3.05) is 19.6 Å². The average Bonchev–Trinajstić information content (AvgIpc) is 2.25. The molecular weight excluding hydrogens is 204 g/mol. The highest BCUT2D eigenvalue weighted by Gasteiger charge is 2.11. The monoisotopic (exact) mass is 222 g/mol. The Labute approximate surface area is 95.7 Å². The molecule has 0 aliphatic heterocycles. The molecule has 1 aromatic carbocycles. The number of carbonyl (C=O) groups is 1. The lowest BCUT2D eigenvalue weighted by Gasteiger charge is -2.19. The van der Waals surface area contributed by atoms with E-state index in [1.807, 2.05) is 13.0 Å². The third-order valence-electron chi connectivity index (χ3n) is 2.40. The molecule has 88 valence electrons. The van der Waals surface area contributed by atoms with E-state index in [1.54, 1.807) is 23.1 Å². The topological polar surface area (TPSA) is 66.6 Å². The zero-order chi connectivity index (χ0) is 12.0. The van der Waals surface area contributed by atoms with Crippen molar-refractivity contribution < 1.29 is 9.90 Å². The van der Waals surface area contributed by atoms with Crippen LogP contribution in [0.4, 0.5) is 0 Å². The highest BCUT2D eigenvalue weighted by molar-refractivity contribution is 5.78. The van der Waals surface area contributed by atoms with Crippen LogP contribution in [0.1, 0.15) is 12.5 Å². The van der Waals surface area contributed by atoms with Crippen LogP contribution in [0.2, 0.25) is 0 Å². The van der Waals surface area contributed by atoms with E-state index in [0.29, 0.717) is 26.1 Å². The van der Waals surface area contributed by atoms with Crippen LogP contribution in [-0.2, 0) is 11.2 Å². The molecule has 0 aliphatic rings. The summed E-state index contributed by atoms with van der Waals surface area (Å²) in [6.45, 7) is 3.64. The Morgan fingerprint density at radius 1 is 1.50 bits per heavy atom. The molecule has 3 N–H and O–H groups in total. The molecule has 0 unspecified atom stereocenters. The Balaban J connectivity index is 2.62. The van der Waals surface area contributed by atoms with Crippen LogP contribution >= 0.6 is 0 Å². The van der Waals surface area contributed by atoms with Gasteiger partial charge in [-0.1, -0.05) is 12.1 Å². The van der Waals surface area contributed by atoms with Gasteiger partial charge >= 0.3 is 0 Å². The van der Waals surface area contributed by atoms with Crippen LogP contribution in [0.3, 0.4) is 0 Å². The second-order valence-corrected chi connectivity index (χ2v) is 3.61. The lowest BCUT2D eigenvalue weighted by Crippen LogP contribution is -2.36. The van der Waals surface area contributed by atoms with Crippen LogP contribution in [-0.4, -0.2) is 35.5 Å². The predicted octanol–water partition coefficient (Wildman–Crippen LogP) is 0.742. The minimum Gasteiger partial charge on any atom is -0.508 e. The molecule has 0 saturated heterocycles. The van der Waals surface area contributed by atoms with E-state index < -0.39 is 0 Å². The van der Waals surface area contributed by atoms with Crippen LogP contribution in [0.15, 0.2) is 24.3 Å². The number of nitrogens with two attached hydrogens (primary N) is 1. The molecule has 0 heterocycles. The van der Waals surface area contributed by atoms with Gasteiger partial charge in [-0.2, -0.15) is 0 Å². The average molecular weight is 222 g/mol. The fourth-order valence-electron chi connectivity index (χ4n) is 1.57. The Morgan fingerprint density at radius 2 is 2.25 bits per heavy atom. The maximum atomic E-state index is 11.8. The van der Waals surface area contributed by atoms with E-state index in [2.05, 4.69) is 0 Å². The van der Waals surface area contributed by atoms with Crippen LogP contribution in [0.25, 0.3) is 0 Å². The molecular formula is C12H18N2O2. The summed E-state index contributed by atoms with van der Waals surface area (Å²) in [4.78, 5) is 13.5. The first-order valence-electron chi connectivity index (χ1n) is 5.43. The zero-order valence-corrected chi connectivity index (χ0v) is 9.52. The SMILES string of the molecule is CCN(CCN)C(=O)Cc1cccc(O)c1. The summed E-state index contributed by atoms with van der Waals surface area (Å²) < 4.78 is 0. The molecule has 16 heavy (non-hydrogen) atoms. The van der Waals surface area contributed by atoms with E-state index >= 15 is 0 Å². The molecule has 0 atom stereocenters. The molecule has 1 amide bonds. The summed E-state index contributed by atoms with van der Waals surface area (Å²) in [7, 11) is 0. The number of phenolic OH excluding ortho intramolecular Hbond substituents is 1. The van der Waals surface area contributed by atoms with Crippen molar-refractivity contribution in [3.8, 4) is 5.75 Å². The fourth-order valence-corrected chi connectivity index (χ4v) is 1.57. The Kier molecular flexibility index (Phi) is 4.79. The summed E-state index contributed by atoms with van der Waals surface area (Å²) in [5.74, 6) is 0.228. The van der Waals surface area contributed by atoms with Gasteiger partial charge in [0.2, 0.25) is 5.91 Å². The second kappa shape index (κ2) is 6.12. The van der Waals surface area contributed by atoms with Gasteiger partial charge in [0.05, 0.1) is 6.42 Å². The molecule has 0 aliphatic carbocycles. The van der Waals surface area contributed by atoms with Crippen molar-refractivity contribution in [2.45, 2.75) is 13.3 Å². The minimum absolute atomic E-state index is 0.0403. The summed E-state index contributed by atoms with van der Waals surface area (Å²) in [5.41, 5.74) is 6.25. The number of phenols is 1. The van der Waals surface area contributed by atoms with Crippen molar-refractivity contribution in [3.05, 3.63) is 29.8 Å². The van der Waals surface area contributed by atoms with Crippen LogP contribution in [0, 0.1) is 0 Å². The van der Waals surface area contributed by atoms with Gasteiger partial charge in [0, 0.05) is 19.6 Å². The van der Waals surface area contributed by atoms with Gasteiger partial charge in [-0.15, -0.1) is 0 Å². The van der Waals surface area contributed by atoms with Gasteiger partial charge in [-0.05, 0) is 24.6 Å². The first kappa shape index (κ1) is 12.5. The van der Waals surface area contributed by atoms with Crippen molar-refractivity contribution in [1.82, 2.24) is 4.90 Å². The largest absolute Gasteiger partial charge is 0.508 e. The number of carbonyl (C=O) groups excluding carboxylic acids is 1. The maximum absolute atomic E-state index is 11.8. The van der Waals surface area contributed by atoms with Gasteiger partial charge in [0.15, 0.2) is 0 Å². The number of rotatable bonds is 5. The van der Waals surface area contributed by atoms with Gasteiger partial charge in [-0.3, -0.25) is 4.79 Å². The second-order valence-electron chi connectivity index (χ2n) is 3.61. The summed E-state index contributed by atoms with van der Waals surface area (Å²) in [5, 5.41) is 9.28. The normalized spacial score (nSPS) is 10.1. The van der Waals surface area contributed by atoms with E-state index in [9.17, 15) is 9.90 Å². The van der Waals surface area contributed by atoms with Gasteiger partial charge in [-0.25, -0.2) is 0 Å². The summed E-state index contributed by atoms with van der Waals surface area (Å²) in [6, 6.07) is 6.75. The van der Waals surface area contributed by atoms with Crippen LogP contribution in [0.5, 0.6) is 5.75 Å². The van der Waals surface area contributed by atoms with E-state index in [4.69, 9.17) is 5.73 Å². The number of nitrogens with zero attached hydrogens (tertiary/aromatic N) is 1. The standard InChI is InChI=1S/C12H18N2O2/c1-2-14(7-6-13)12(16)9-10-4-3-5-11(15)8-10/h3-5,8,15H,2,6-7,9,13H2,1H3. The minimum atomic E-state index is 0.0403. The molecule has 0 bridgehead atoms. The number of amides is 1. The van der Waals surface area contributed by atoms with Gasteiger partial charge < -0.3 is 15.7 Å². The van der Waals surface area contributed by atoms with Crippen LogP contribution < -0.4 is 5.73 Å². The summed E-state index contributed by atoms with van der Waals surface area (Å²) in [6.07, 6.45) is 0.308. The van der Waals surface area contributed by atoms with E-state index in [0.717, 1.165) is 5.56 Å². The van der Waals surface area contributed by atoms with Crippen molar-refractivity contribution >= 4 is 5.91 Å². The van der Waals surface area contributed by atoms with E-state index in [1.165, 1.54) is 0 Å². The molecule has 4 nitrogen and oxygen atoms in total. The summed E-state index contributed by atoms with van der Waals surface area (Å²) >= 11 is 0. The van der Waals surface area contributed by atoms with Crippen molar-refractivity contribution in [3.63, 3.8) is 0 Å². The molecule has 0 spiro atoms. The third kappa shape index (κ3) is 3.55. The molecule has 0 radical (unpaired) electrons.